The third-order valence-corrected chi connectivity index (χ3v) is 3.40. The number of aromatic nitrogens is 6. The van der Waals surface area contributed by atoms with E-state index >= 15 is 0 Å². The summed E-state index contributed by atoms with van der Waals surface area (Å²) in [5, 5.41) is 7.33. The molecule has 0 aliphatic heterocycles. The van der Waals surface area contributed by atoms with E-state index in [1.165, 1.54) is 23.8 Å². The lowest BCUT2D eigenvalue weighted by Crippen LogP contribution is -2.20. The summed E-state index contributed by atoms with van der Waals surface area (Å²) in [6.45, 7) is 2.25. The molecule has 106 valence electrons. The molecule has 2 unspecified atom stereocenters. The average Bonchev–Trinajstić information content (AvgIpc) is 3.10. The highest BCUT2D eigenvalue weighted by atomic mass is 15.4. The Bertz CT molecular complexity index is 567. The van der Waals surface area contributed by atoms with Gasteiger partial charge in [0.05, 0.1) is 0 Å². The second-order valence-corrected chi connectivity index (χ2v) is 5.03. The van der Waals surface area contributed by atoms with Crippen molar-refractivity contribution in [3.8, 4) is 5.95 Å². The molecule has 0 spiro atoms. The van der Waals surface area contributed by atoms with Crippen molar-refractivity contribution in [2.75, 3.05) is 10.7 Å². The first-order valence-corrected chi connectivity index (χ1v) is 6.59. The van der Waals surface area contributed by atoms with Gasteiger partial charge in [-0.2, -0.15) is 24.7 Å². The number of nitrogens with one attached hydrogen (secondary N) is 2. The molecule has 20 heavy (non-hydrogen) atoms. The van der Waals surface area contributed by atoms with E-state index in [0.29, 0.717) is 23.9 Å². The maximum absolute atomic E-state index is 5.40. The van der Waals surface area contributed by atoms with Gasteiger partial charge in [-0.25, -0.2) is 10.8 Å². The van der Waals surface area contributed by atoms with E-state index < -0.39 is 0 Å². The normalized spacial score (nSPS) is 21.9. The Balaban J connectivity index is 1.85. The maximum Gasteiger partial charge on any atom is 0.258 e. The van der Waals surface area contributed by atoms with Crippen LogP contribution in [0.5, 0.6) is 0 Å². The third-order valence-electron chi connectivity index (χ3n) is 3.40. The second kappa shape index (κ2) is 5.37. The number of nitrogen functional groups attached to an aromatic ring is 1. The number of nitrogens with two attached hydrogens (primary N) is 1. The molecular weight excluding hydrogens is 258 g/mol. The molecule has 2 atom stereocenters. The summed E-state index contributed by atoms with van der Waals surface area (Å²) in [5.74, 6) is 7.29. The van der Waals surface area contributed by atoms with Gasteiger partial charge < -0.3 is 5.32 Å². The molecule has 9 nitrogen and oxygen atoms in total. The fraction of sp³-hybridized carbons (Fsp3) is 0.545. The zero-order valence-corrected chi connectivity index (χ0v) is 11.2. The highest BCUT2D eigenvalue weighted by Crippen LogP contribution is 2.26. The van der Waals surface area contributed by atoms with Crippen LogP contribution in [0.25, 0.3) is 5.95 Å². The molecule has 0 saturated heterocycles. The minimum absolute atomic E-state index is 0.291. The largest absolute Gasteiger partial charge is 0.351 e. The van der Waals surface area contributed by atoms with Crippen LogP contribution in [0.2, 0.25) is 0 Å². The number of hydrazine groups is 1. The molecule has 9 heteroatoms. The highest BCUT2D eigenvalue weighted by molar-refractivity contribution is 5.37. The van der Waals surface area contributed by atoms with Crippen molar-refractivity contribution in [3.05, 3.63) is 12.7 Å². The maximum atomic E-state index is 5.40. The van der Waals surface area contributed by atoms with Crippen LogP contribution in [0.1, 0.15) is 26.2 Å². The van der Waals surface area contributed by atoms with E-state index in [1.54, 1.807) is 0 Å². The van der Waals surface area contributed by atoms with Crippen LogP contribution in [-0.2, 0) is 0 Å². The predicted molar refractivity (Wildman–Crippen MR) is 73.0 cm³/mol. The molecule has 3 rings (SSSR count). The Kier molecular flexibility index (Phi) is 3.42. The van der Waals surface area contributed by atoms with Crippen LogP contribution in [-0.4, -0.2) is 35.8 Å². The summed E-state index contributed by atoms with van der Waals surface area (Å²) in [7, 11) is 0. The summed E-state index contributed by atoms with van der Waals surface area (Å²) >= 11 is 0. The van der Waals surface area contributed by atoms with Crippen molar-refractivity contribution in [1.29, 1.82) is 0 Å². The standard InChI is InChI=1S/C11H17N9/c1-7-2-3-8(4-7)15-9-16-10(19-12)18-11(17-9)20-6-13-5-14-20/h5-8H,2-4,12H2,1H3,(H2,15,16,17,18,19). The quantitative estimate of drug-likeness (QED) is 0.539. The molecule has 4 N–H and O–H groups in total. The second-order valence-electron chi connectivity index (χ2n) is 5.03. The lowest BCUT2D eigenvalue weighted by Gasteiger charge is -2.13. The predicted octanol–water partition coefficient (Wildman–Crippen LogP) is 0.338. The van der Waals surface area contributed by atoms with Crippen LogP contribution in [0, 0.1) is 5.92 Å². The zero-order valence-electron chi connectivity index (χ0n) is 11.2. The molecule has 1 fully saturated rings. The van der Waals surface area contributed by atoms with Crippen molar-refractivity contribution < 1.29 is 0 Å². The molecule has 0 radical (unpaired) electrons. The van der Waals surface area contributed by atoms with Gasteiger partial charge in [0.15, 0.2) is 0 Å². The summed E-state index contributed by atoms with van der Waals surface area (Å²) in [6, 6.07) is 0.390. The molecule has 2 aromatic rings. The molecule has 1 saturated carbocycles. The van der Waals surface area contributed by atoms with Gasteiger partial charge in [0.2, 0.25) is 11.9 Å². The third kappa shape index (κ3) is 2.67. The van der Waals surface area contributed by atoms with Crippen molar-refractivity contribution in [2.45, 2.75) is 32.2 Å². The number of hydrogen-bond donors (Lipinski definition) is 3. The molecule has 0 bridgehead atoms. The number of hydrogen-bond acceptors (Lipinski definition) is 8. The summed E-state index contributed by atoms with van der Waals surface area (Å²) in [4.78, 5) is 16.6. The van der Waals surface area contributed by atoms with Gasteiger partial charge in [-0.1, -0.05) is 6.92 Å². The number of rotatable bonds is 4. The van der Waals surface area contributed by atoms with Crippen molar-refractivity contribution in [3.63, 3.8) is 0 Å². The van der Waals surface area contributed by atoms with E-state index in [9.17, 15) is 0 Å². The molecule has 2 heterocycles. The van der Waals surface area contributed by atoms with E-state index in [0.717, 1.165) is 18.8 Å². The van der Waals surface area contributed by atoms with E-state index in [1.807, 2.05) is 0 Å². The fourth-order valence-electron chi connectivity index (χ4n) is 2.43. The summed E-state index contributed by atoms with van der Waals surface area (Å²) in [5.41, 5.74) is 2.44. The molecular formula is C11H17N9. The Labute approximate surface area is 116 Å². The fourth-order valence-corrected chi connectivity index (χ4v) is 2.43. The van der Waals surface area contributed by atoms with E-state index in [-0.39, 0.29) is 0 Å². The average molecular weight is 275 g/mol. The minimum atomic E-state index is 0.291. The minimum Gasteiger partial charge on any atom is -0.351 e. The monoisotopic (exact) mass is 275 g/mol. The van der Waals surface area contributed by atoms with Crippen molar-refractivity contribution >= 4 is 11.9 Å². The van der Waals surface area contributed by atoms with Gasteiger partial charge in [-0.05, 0) is 25.2 Å². The first kappa shape index (κ1) is 12.7. The molecule has 2 aromatic heterocycles. The molecule has 0 aromatic carbocycles. The van der Waals surface area contributed by atoms with Gasteiger partial charge >= 0.3 is 0 Å². The lowest BCUT2D eigenvalue weighted by molar-refractivity contribution is 0.601. The topological polar surface area (TPSA) is 119 Å². The SMILES string of the molecule is CC1CCC(Nc2nc(NN)nc(-n3cncn3)n2)C1. The molecule has 1 aliphatic carbocycles. The number of anilines is 2. The Morgan fingerprint density at radius 1 is 1.25 bits per heavy atom. The van der Waals surface area contributed by atoms with Crippen LogP contribution >= 0.6 is 0 Å². The van der Waals surface area contributed by atoms with Gasteiger partial charge in [0, 0.05) is 6.04 Å². The van der Waals surface area contributed by atoms with Crippen LogP contribution in [0.4, 0.5) is 11.9 Å². The Morgan fingerprint density at radius 2 is 2.10 bits per heavy atom. The van der Waals surface area contributed by atoms with Crippen LogP contribution in [0.15, 0.2) is 12.7 Å². The Hall–Kier alpha value is -2.29. The van der Waals surface area contributed by atoms with Gasteiger partial charge in [-0.3, -0.25) is 5.43 Å². The first-order chi connectivity index (χ1) is 9.74. The van der Waals surface area contributed by atoms with E-state index in [2.05, 4.69) is 42.7 Å². The van der Waals surface area contributed by atoms with Crippen LogP contribution < -0.4 is 16.6 Å². The van der Waals surface area contributed by atoms with Gasteiger partial charge in [0.1, 0.15) is 12.7 Å². The first-order valence-electron chi connectivity index (χ1n) is 6.59. The van der Waals surface area contributed by atoms with E-state index in [4.69, 9.17) is 5.84 Å². The van der Waals surface area contributed by atoms with Crippen molar-refractivity contribution in [2.24, 2.45) is 11.8 Å². The molecule has 1 aliphatic rings. The summed E-state index contributed by atoms with van der Waals surface area (Å²) in [6.07, 6.45) is 6.41. The zero-order chi connectivity index (χ0) is 13.9. The van der Waals surface area contributed by atoms with Crippen molar-refractivity contribution in [1.82, 2.24) is 29.7 Å². The lowest BCUT2D eigenvalue weighted by atomic mass is 10.1. The Morgan fingerprint density at radius 3 is 2.75 bits per heavy atom. The molecule has 0 amide bonds. The van der Waals surface area contributed by atoms with Crippen LogP contribution in [0.3, 0.4) is 0 Å². The highest BCUT2D eigenvalue weighted by Gasteiger charge is 2.22. The number of nitrogens with zero attached hydrogens (tertiary/aromatic N) is 6. The van der Waals surface area contributed by atoms with Gasteiger partial charge in [-0.15, -0.1) is 0 Å². The van der Waals surface area contributed by atoms with Gasteiger partial charge in [0.25, 0.3) is 5.95 Å². The smallest absolute Gasteiger partial charge is 0.258 e. The summed E-state index contributed by atoms with van der Waals surface area (Å²) < 4.78 is 1.46.